The van der Waals surface area contributed by atoms with Crippen molar-refractivity contribution in [3.05, 3.63) is 90.0 Å². The molecular weight excluding hydrogens is 468 g/mol. The first kappa shape index (κ1) is 26.5. The van der Waals surface area contributed by atoms with Crippen LogP contribution in [0.1, 0.15) is 36.1 Å². The standard InChI is InChI=1S/C28H36N6O3/c29-23(15-21-7-3-1-4-8-21)11-12-24(16-22-9-5-2-6-10-22)31-28(36)26(32-37)17-27(35)33-13-14-34-20-30-18-25(34)19-33/h1-10,18,20,23-24,26,32,37H,11-17,19,29H2,(H,31,36). The van der Waals surface area contributed by atoms with Gasteiger partial charge in [0.15, 0.2) is 0 Å². The fourth-order valence-corrected chi connectivity index (χ4v) is 4.76. The van der Waals surface area contributed by atoms with Gasteiger partial charge in [-0.25, -0.2) is 4.98 Å². The number of hydrogen-bond donors (Lipinski definition) is 4. The van der Waals surface area contributed by atoms with Crippen molar-refractivity contribution in [1.29, 1.82) is 0 Å². The third-order valence-electron chi connectivity index (χ3n) is 6.86. The van der Waals surface area contributed by atoms with Crippen molar-refractivity contribution in [3.63, 3.8) is 0 Å². The van der Waals surface area contributed by atoms with E-state index in [1.165, 1.54) is 5.56 Å². The Morgan fingerprint density at radius 1 is 0.973 bits per heavy atom. The van der Waals surface area contributed by atoms with Crippen molar-refractivity contribution in [1.82, 2.24) is 25.2 Å². The molecule has 1 aliphatic rings. The van der Waals surface area contributed by atoms with Gasteiger partial charge in [-0.1, -0.05) is 60.7 Å². The number of amides is 2. The van der Waals surface area contributed by atoms with Crippen LogP contribution in [0.25, 0.3) is 0 Å². The minimum atomic E-state index is -1.05. The van der Waals surface area contributed by atoms with Gasteiger partial charge in [0.2, 0.25) is 11.8 Å². The molecule has 3 atom stereocenters. The van der Waals surface area contributed by atoms with Crippen LogP contribution in [-0.2, 0) is 35.5 Å². The Morgan fingerprint density at radius 2 is 1.65 bits per heavy atom. The number of nitrogens with zero attached hydrogens (tertiary/aromatic N) is 3. The predicted molar refractivity (Wildman–Crippen MR) is 140 cm³/mol. The summed E-state index contributed by atoms with van der Waals surface area (Å²) in [6, 6.07) is 18.8. The molecule has 2 heterocycles. The normalized spacial score (nSPS) is 15.5. The summed E-state index contributed by atoms with van der Waals surface area (Å²) in [5.74, 6) is -0.603. The highest BCUT2D eigenvalue weighted by molar-refractivity contribution is 5.88. The molecule has 3 aromatic rings. The molecule has 4 rings (SSSR count). The smallest absolute Gasteiger partial charge is 0.240 e. The molecule has 0 saturated carbocycles. The predicted octanol–water partition coefficient (Wildman–Crippen LogP) is 2.04. The molecule has 0 fully saturated rings. The molecule has 0 spiro atoms. The first-order chi connectivity index (χ1) is 18.0. The van der Waals surface area contributed by atoms with Crippen LogP contribution >= 0.6 is 0 Å². The van der Waals surface area contributed by atoms with E-state index in [1.54, 1.807) is 17.4 Å². The van der Waals surface area contributed by atoms with Crippen LogP contribution in [0.4, 0.5) is 0 Å². The van der Waals surface area contributed by atoms with Gasteiger partial charge < -0.3 is 25.7 Å². The molecule has 196 valence electrons. The lowest BCUT2D eigenvalue weighted by atomic mass is 9.96. The van der Waals surface area contributed by atoms with E-state index in [-0.39, 0.29) is 24.4 Å². The van der Waals surface area contributed by atoms with Crippen LogP contribution in [0.2, 0.25) is 0 Å². The maximum Gasteiger partial charge on any atom is 0.240 e. The Morgan fingerprint density at radius 3 is 2.32 bits per heavy atom. The lowest BCUT2D eigenvalue weighted by Gasteiger charge is -2.29. The zero-order valence-electron chi connectivity index (χ0n) is 21.0. The molecule has 9 nitrogen and oxygen atoms in total. The molecule has 9 heteroatoms. The van der Waals surface area contributed by atoms with Gasteiger partial charge in [0.25, 0.3) is 0 Å². The Balaban J connectivity index is 1.34. The summed E-state index contributed by atoms with van der Waals surface area (Å²) in [6.45, 7) is 1.64. The zero-order chi connectivity index (χ0) is 26.0. The number of hydrogen-bond acceptors (Lipinski definition) is 6. The highest BCUT2D eigenvalue weighted by Gasteiger charge is 2.28. The Hall–Kier alpha value is -3.53. The molecule has 2 amide bonds. The number of imidazole rings is 1. The second kappa shape index (κ2) is 13.1. The molecule has 2 aromatic carbocycles. The third-order valence-corrected chi connectivity index (χ3v) is 6.86. The number of benzene rings is 2. The van der Waals surface area contributed by atoms with Crippen LogP contribution in [0.15, 0.2) is 73.2 Å². The summed E-state index contributed by atoms with van der Waals surface area (Å²) in [7, 11) is 0. The van der Waals surface area contributed by atoms with Gasteiger partial charge in [-0.2, -0.15) is 5.48 Å². The van der Waals surface area contributed by atoms with E-state index >= 15 is 0 Å². The lowest BCUT2D eigenvalue weighted by molar-refractivity contribution is -0.138. The highest BCUT2D eigenvalue weighted by Crippen LogP contribution is 2.15. The molecule has 0 radical (unpaired) electrons. The van der Waals surface area contributed by atoms with Gasteiger partial charge in [0.05, 0.1) is 25.0 Å². The molecule has 0 bridgehead atoms. The molecule has 3 unspecified atom stereocenters. The molecule has 0 saturated heterocycles. The van der Waals surface area contributed by atoms with Crippen molar-refractivity contribution < 1.29 is 14.8 Å². The number of carbonyl (C=O) groups is 2. The Labute approximate surface area is 217 Å². The first-order valence-electron chi connectivity index (χ1n) is 12.8. The average molecular weight is 505 g/mol. The third kappa shape index (κ3) is 7.72. The number of nitrogens with two attached hydrogens (primary N) is 1. The molecule has 1 aliphatic heterocycles. The largest absolute Gasteiger partial charge is 0.352 e. The molecule has 37 heavy (non-hydrogen) atoms. The van der Waals surface area contributed by atoms with Crippen LogP contribution in [0, 0.1) is 0 Å². The van der Waals surface area contributed by atoms with E-state index in [1.807, 2.05) is 53.1 Å². The van der Waals surface area contributed by atoms with Gasteiger partial charge in [-0.15, -0.1) is 0 Å². The van der Waals surface area contributed by atoms with E-state index in [0.29, 0.717) is 32.5 Å². The fraction of sp³-hybridized carbons (Fsp3) is 0.393. The molecule has 5 N–H and O–H groups in total. The van der Waals surface area contributed by atoms with Gasteiger partial charge in [0, 0.05) is 31.4 Å². The minimum Gasteiger partial charge on any atom is -0.352 e. The first-order valence-corrected chi connectivity index (χ1v) is 12.8. The van der Waals surface area contributed by atoms with E-state index in [9.17, 15) is 14.8 Å². The maximum atomic E-state index is 13.1. The minimum absolute atomic E-state index is 0.0431. The average Bonchev–Trinajstić information content (AvgIpc) is 3.39. The number of hydroxylamine groups is 1. The van der Waals surface area contributed by atoms with Crippen molar-refractivity contribution in [2.45, 2.75) is 63.3 Å². The second-order valence-corrected chi connectivity index (χ2v) is 9.70. The SMILES string of the molecule is NC(CCC(Cc1ccccc1)NC(=O)C(CC(=O)N1CCn2cncc2C1)NO)Cc1ccccc1. The van der Waals surface area contributed by atoms with Crippen molar-refractivity contribution in [3.8, 4) is 0 Å². The summed E-state index contributed by atoms with van der Waals surface area (Å²) in [6.07, 6.45) is 6.15. The van der Waals surface area contributed by atoms with Crippen LogP contribution in [0.5, 0.6) is 0 Å². The van der Waals surface area contributed by atoms with E-state index in [2.05, 4.69) is 27.9 Å². The van der Waals surface area contributed by atoms with Crippen LogP contribution in [0.3, 0.4) is 0 Å². The highest BCUT2D eigenvalue weighted by atomic mass is 16.5. The molecular formula is C28H36N6O3. The fourth-order valence-electron chi connectivity index (χ4n) is 4.76. The lowest BCUT2D eigenvalue weighted by Crippen LogP contribution is -2.50. The van der Waals surface area contributed by atoms with Crippen LogP contribution < -0.4 is 16.5 Å². The van der Waals surface area contributed by atoms with E-state index < -0.39 is 11.9 Å². The number of fused-ring (bicyclic) bond motifs is 1. The second-order valence-electron chi connectivity index (χ2n) is 9.70. The number of nitrogens with one attached hydrogen (secondary N) is 2. The van der Waals surface area contributed by atoms with Gasteiger partial charge in [-0.3, -0.25) is 9.59 Å². The summed E-state index contributed by atoms with van der Waals surface area (Å²) >= 11 is 0. The van der Waals surface area contributed by atoms with E-state index in [4.69, 9.17) is 5.73 Å². The van der Waals surface area contributed by atoms with Gasteiger partial charge in [-0.05, 0) is 36.8 Å². The Kier molecular flexibility index (Phi) is 9.42. The van der Waals surface area contributed by atoms with Crippen molar-refractivity contribution in [2.24, 2.45) is 5.73 Å². The maximum absolute atomic E-state index is 13.1. The summed E-state index contributed by atoms with van der Waals surface area (Å²) < 4.78 is 2.01. The van der Waals surface area contributed by atoms with E-state index in [0.717, 1.165) is 24.1 Å². The number of aromatic nitrogens is 2. The number of carbonyl (C=O) groups excluding carboxylic acids is 2. The van der Waals surface area contributed by atoms with Crippen molar-refractivity contribution in [2.75, 3.05) is 6.54 Å². The summed E-state index contributed by atoms with van der Waals surface area (Å²) in [5, 5.41) is 12.8. The topological polar surface area (TPSA) is 126 Å². The zero-order valence-corrected chi connectivity index (χ0v) is 21.0. The summed E-state index contributed by atoms with van der Waals surface area (Å²) in [5.41, 5.74) is 11.7. The molecule has 0 aliphatic carbocycles. The number of rotatable bonds is 12. The van der Waals surface area contributed by atoms with Gasteiger partial charge in [0.1, 0.15) is 6.04 Å². The van der Waals surface area contributed by atoms with Crippen molar-refractivity contribution >= 4 is 11.8 Å². The Bertz CT molecular complexity index is 1140. The monoisotopic (exact) mass is 504 g/mol. The van der Waals surface area contributed by atoms with Crippen LogP contribution in [-0.4, -0.2) is 56.1 Å². The quantitative estimate of drug-likeness (QED) is 0.280. The summed E-state index contributed by atoms with van der Waals surface area (Å²) in [4.78, 5) is 31.9. The molecule has 1 aromatic heterocycles. The van der Waals surface area contributed by atoms with Gasteiger partial charge >= 0.3 is 0 Å².